The van der Waals surface area contributed by atoms with Gasteiger partial charge in [0.2, 0.25) is 17.3 Å². The Bertz CT molecular complexity index is 1480. The molecule has 0 aliphatic carbocycles. The van der Waals surface area contributed by atoms with E-state index in [9.17, 15) is 8.42 Å². The number of sulfonamides is 1. The van der Waals surface area contributed by atoms with E-state index >= 15 is 0 Å². The molecule has 0 radical (unpaired) electrons. The summed E-state index contributed by atoms with van der Waals surface area (Å²) in [4.78, 5) is 0.0232. The molecule has 4 rings (SSSR count). The fourth-order valence-electron chi connectivity index (χ4n) is 3.65. The Morgan fingerprint density at radius 3 is 1.73 bits per heavy atom. The molecule has 192 valence electrons. The van der Waals surface area contributed by atoms with E-state index in [0.29, 0.717) is 0 Å². The first-order chi connectivity index (χ1) is 17.3. The van der Waals surface area contributed by atoms with Crippen molar-refractivity contribution in [3.8, 4) is 28.1 Å². The molecule has 0 aliphatic heterocycles. The summed E-state index contributed by atoms with van der Waals surface area (Å²) in [6.07, 6.45) is 0. The van der Waals surface area contributed by atoms with Crippen molar-refractivity contribution in [3.05, 3.63) is 103 Å². The van der Waals surface area contributed by atoms with E-state index in [1.54, 1.807) is 12.1 Å². The molecule has 10 nitrogen and oxygen atoms in total. The molecule has 0 saturated carbocycles. The third-order valence-electron chi connectivity index (χ3n) is 5.05. The van der Waals surface area contributed by atoms with Crippen LogP contribution in [0.5, 0.6) is 0 Å². The summed E-state index contributed by atoms with van der Waals surface area (Å²) < 4.78 is 64.0. The van der Waals surface area contributed by atoms with Crippen LogP contribution in [0.2, 0.25) is 0 Å². The quantitative estimate of drug-likeness (QED) is 0.178. The molecule has 4 aromatic rings. The van der Waals surface area contributed by atoms with Gasteiger partial charge in [-0.3, -0.25) is 0 Å². The first kappa shape index (κ1) is 27.7. The van der Waals surface area contributed by atoms with E-state index in [1.807, 2.05) is 43.3 Å². The number of nitrogens with two attached hydrogens (primary N) is 2. The normalized spacial score (nSPS) is 11.3. The van der Waals surface area contributed by atoms with Crippen molar-refractivity contribution in [3.63, 3.8) is 0 Å². The van der Waals surface area contributed by atoms with Crippen molar-refractivity contribution < 1.29 is 41.9 Å². The lowest BCUT2D eigenvalue weighted by atomic mass is 10.0. The summed E-state index contributed by atoms with van der Waals surface area (Å²) in [6, 6.07) is 31.0. The SMILES string of the molecule is Cc1cc(-c2ccccc2)cc(-c2ccccc2)[n+]1-c1ccc(S(=O)(=O)N=C(N)N)cc1.[O-][Cl+3]([O-])([O-])[O-]. The number of hydrogen-bond acceptors (Lipinski definition) is 6. The van der Waals surface area contributed by atoms with Crippen LogP contribution in [0, 0.1) is 17.2 Å². The van der Waals surface area contributed by atoms with Crippen molar-refractivity contribution in [1.82, 2.24) is 0 Å². The Kier molecular flexibility index (Phi) is 8.61. The first-order valence-corrected chi connectivity index (χ1v) is 13.3. The Labute approximate surface area is 216 Å². The van der Waals surface area contributed by atoms with Gasteiger partial charge in [-0.15, -0.1) is 14.6 Å². The fourth-order valence-corrected chi connectivity index (χ4v) is 4.52. The molecule has 12 heteroatoms. The van der Waals surface area contributed by atoms with Gasteiger partial charge in [-0.25, -0.2) is 18.6 Å². The number of guanidine groups is 1. The monoisotopic (exact) mass is 542 g/mol. The molecular formula is C25H23ClN4O6S. The second-order valence-corrected chi connectivity index (χ2v) is 10.1. The Balaban J connectivity index is 0.000000695. The fraction of sp³-hybridized carbons (Fsp3) is 0.0400. The predicted molar refractivity (Wildman–Crippen MR) is 127 cm³/mol. The largest absolute Gasteiger partial charge is 0.369 e. The average molecular weight is 543 g/mol. The summed E-state index contributed by atoms with van der Waals surface area (Å²) in [5.74, 6) is -0.498. The Morgan fingerprint density at radius 1 is 0.757 bits per heavy atom. The van der Waals surface area contributed by atoms with E-state index < -0.39 is 26.2 Å². The number of benzene rings is 3. The zero-order chi connectivity index (χ0) is 27.2. The topological polar surface area (TPSA) is 195 Å². The molecule has 1 heterocycles. The molecule has 0 fully saturated rings. The third kappa shape index (κ3) is 7.82. The van der Waals surface area contributed by atoms with Gasteiger partial charge in [-0.2, -0.15) is 13.0 Å². The lowest BCUT2D eigenvalue weighted by Gasteiger charge is -2.17. The van der Waals surface area contributed by atoms with Crippen molar-refractivity contribution >= 4 is 16.0 Å². The van der Waals surface area contributed by atoms with Gasteiger partial charge in [-0.1, -0.05) is 48.5 Å². The van der Waals surface area contributed by atoms with Gasteiger partial charge in [0.1, 0.15) is 0 Å². The molecule has 3 aromatic carbocycles. The van der Waals surface area contributed by atoms with Gasteiger partial charge in [0, 0.05) is 36.8 Å². The van der Waals surface area contributed by atoms with E-state index in [0.717, 1.165) is 33.8 Å². The highest BCUT2D eigenvalue weighted by Crippen LogP contribution is 2.26. The number of aryl methyl sites for hydroxylation is 1. The number of halogens is 1. The predicted octanol–water partition coefficient (Wildman–Crippen LogP) is -1.19. The van der Waals surface area contributed by atoms with Gasteiger partial charge >= 0.3 is 0 Å². The zero-order valence-corrected chi connectivity index (χ0v) is 21.1. The minimum absolute atomic E-state index is 0.0232. The van der Waals surface area contributed by atoms with Crippen molar-refractivity contribution in [2.45, 2.75) is 11.8 Å². The van der Waals surface area contributed by atoms with Crippen LogP contribution in [0.15, 0.2) is 106 Å². The Morgan fingerprint density at radius 2 is 1.24 bits per heavy atom. The van der Waals surface area contributed by atoms with E-state index in [2.05, 4.69) is 45.4 Å². The minimum atomic E-state index is -4.94. The summed E-state index contributed by atoms with van der Waals surface area (Å²) >= 11 is 0. The number of pyridine rings is 1. The zero-order valence-electron chi connectivity index (χ0n) is 19.5. The molecule has 0 spiro atoms. The van der Waals surface area contributed by atoms with Crippen LogP contribution in [0.4, 0.5) is 0 Å². The summed E-state index contributed by atoms with van der Waals surface area (Å²) in [5.41, 5.74) is 16.6. The standard InChI is InChI=1S/C25H23N4O2S.ClHO4/c1-18-16-21(19-8-4-2-5-9-19)17-24(20-10-6-3-7-11-20)29(18)22-12-14-23(15-13-22)32(30,31)28-25(26)27;2-1(3,4)5/h2-17H,1H3,(H4,26,27,28);(H,2,3,4,5)/q+1;/p-1. The number of nitrogens with zero attached hydrogens (tertiary/aromatic N) is 2. The van der Waals surface area contributed by atoms with Gasteiger partial charge < -0.3 is 11.5 Å². The molecule has 37 heavy (non-hydrogen) atoms. The molecule has 0 unspecified atom stereocenters. The van der Waals surface area contributed by atoms with Crippen LogP contribution in [0.1, 0.15) is 5.69 Å². The second kappa shape index (κ2) is 11.5. The highest BCUT2D eigenvalue weighted by atomic mass is 35.7. The molecule has 4 N–H and O–H groups in total. The molecule has 0 aliphatic rings. The van der Waals surface area contributed by atoms with Crippen LogP contribution < -0.4 is 34.7 Å². The van der Waals surface area contributed by atoms with Gasteiger partial charge in [0.25, 0.3) is 10.0 Å². The minimum Gasteiger partial charge on any atom is -0.369 e. The highest BCUT2D eigenvalue weighted by Gasteiger charge is 2.22. The van der Waals surface area contributed by atoms with Crippen molar-refractivity contribution in [2.75, 3.05) is 0 Å². The van der Waals surface area contributed by atoms with Gasteiger partial charge in [-0.05, 0) is 35.4 Å². The maximum atomic E-state index is 12.3. The molecular weight excluding hydrogens is 520 g/mol. The van der Waals surface area contributed by atoms with Crippen LogP contribution >= 0.6 is 0 Å². The number of hydrogen-bond donors (Lipinski definition) is 2. The third-order valence-corrected chi connectivity index (χ3v) is 6.36. The smallest absolute Gasteiger partial charge is 0.285 e. The molecule has 1 aromatic heterocycles. The lowest BCUT2D eigenvalue weighted by molar-refractivity contribution is -2.00. The molecule has 0 saturated heterocycles. The van der Waals surface area contributed by atoms with Crippen LogP contribution in [-0.2, 0) is 10.0 Å². The van der Waals surface area contributed by atoms with E-state index in [-0.39, 0.29) is 4.90 Å². The van der Waals surface area contributed by atoms with E-state index in [1.165, 1.54) is 12.1 Å². The average Bonchev–Trinajstić information content (AvgIpc) is 2.83. The Hall–Kier alpha value is -3.84. The molecule has 0 atom stereocenters. The summed E-state index contributed by atoms with van der Waals surface area (Å²) in [6.45, 7) is 2.03. The van der Waals surface area contributed by atoms with Gasteiger partial charge in [0.05, 0.1) is 4.90 Å². The second-order valence-electron chi connectivity index (χ2n) is 7.70. The van der Waals surface area contributed by atoms with Crippen molar-refractivity contribution in [2.24, 2.45) is 15.9 Å². The number of rotatable bonds is 5. The highest BCUT2D eigenvalue weighted by molar-refractivity contribution is 7.90. The van der Waals surface area contributed by atoms with Crippen LogP contribution in [0.25, 0.3) is 28.1 Å². The van der Waals surface area contributed by atoms with Crippen molar-refractivity contribution in [1.29, 1.82) is 0 Å². The van der Waals surface area contributed by atoms with Crippen LogP contribution in [0.3, 0.4) is 0 Å². The van der Waals surface area contributed by atoms with E-state index in [4.69, 9.17) is 30.1 Å². The lowest BCUT2D eigenvalue weighted by Crippen LogP contribution is -2.68. The summed E-state index contributed by atoms with van der Waals surface area (Å²) in [7, 11) is -8.89. The first-order valence-electron chi connectivity index (χ1n) is 10.6. The number of aromatic nitrogens is 1. The molecule has 0 bridgehead atoms. The summed E-state index contributed by atoms with van der Waals surface area (Å²) in [5, 5.41) is 0. The maximum absolute atomic E-state index is 12.3. The maximum Gasteiger partial charge on any atom is 0.285 e. The van der Waals surface area contributed by atoms with Crippen LogP contribution in [-0.4, -0.2) is 14.4 Å². The molecule has 0 amide bonds. The van der Waals surface area contributed by atoms with Gasteiger partial charge in [0.15, 0.2) is 5.69 Å².